The lowest BCUT2D eigenvalue weighted by atomic mass is 10.0. The monoisotopic (exact) mass is 142 g/mol. The highest BCUT2D eigenvalue weighted by Crippen LogP contribution is 2.02. The number of hydrogen-bond acceptors (Lipinski definition) is 2. The van der Waals surface area contributed by atoms with Gasteiger partial charge in [0, 0.05) is 13.1 Å². The Kier molecular flexibility index (Phi) is 2.27. The van der Waals surface area contributed by atoms with E-state index in [4.69, 9.17) is 0 Å². The molecule has 1 rings (SSSR count). The van der Waals surface area contributed by atoms with Crippen LogP contribution in [0, 0.1) is 5.92 Å². The third-order valence-corrected chi connectivity index (χ3v) is 1.74. The van der Waals surface area contributed by atoms with Crippen molar-refractivity contribution in [2.45, 2.75) is 19.9 Å². The highest BCUT2D eigenvalue weighted by atomic mass is 16.2. The van der Waals surface area contributed by atoms with Gasteiger partial charge in [-0.1, -0.05) is 13.8 Å². The Labute approximate surface area is 61.2 Å². The molecule has 0 aromatic carbocycles. The van der Waals surface area contributed by atoms with Gasteiger partial charge in [0.15, 0.2) is 0 Å². The first-order valence-electron chi connectivity index (χ1n) is 3.73. The van der Waals surface area contributed by atoms with Crippen LogP contribution in [-0.2, 0) is 4.79 Å². The average Bonchev–Trinajstić information content (AvgIpc) is 1.88. The van der Waals surface area contributed by atoms with Crippen LogP contribution in [0.15, 0.2) is 0 Å². The van der Waals surface area contributed by atoms with E-state index in [9.17, 15) is 4.79 Å². The summed E-state index contributed by atoms with van der Waals surface area (Å²) in [5.74, 6) is 0.529. The standard InChI is InChI=1S/C7H14N2O/c1-5(2)6-7(10)9-4-3-8-6/h5-6,8H,3-4H2,1-2H3,(H,9,10)/t6-/m0/s1. The Balaban J connectivity index is 2.48. The van der Waals surface area contributed by atoms with Crippen LogP contribution in [0.5, 0.6) is 0 Å². The molecule has 1 atom stereocenters. The summed E-state index contributed by atoms with van der Waals surface area (Å²) in [5, 5.41) is 5.97. The molecule has 58 valence electrons. The van der Waals surface area contributed by atoms with Crippen molar-refractivity contribution in [3.05, 3.63) is 0 Å². The minimum absolute atomic E-state index is 0.0220. The zero-order valence-electron chi connectivity index (χ0n) is 6.48. The van der Waals surface area contributed by atoms with Gasteiger partial charge in [-0.25, -0.2) is 0 Å². The van der Waals surface area contributed by atoms with Crippen LogP contribution in [0.1, 0.15) is 13.8 Å². The predicted molar refractivity (Wildman–Crippen MR) is 39.6 cm³/mol. The molecular formula is C7H14N2O. The average molecular weight is 142 g/mol. The summed E-state index contributed by atoms with van der Waals surface area (Å²) in [4.78, 5) is 11.1. The van der Waals surface area contributed by atoms with Crippen molar-refractivity contribution in [1.82, 2.24) is 10.6 Å². The molecule has 1 aliphatic heterocycles. The maximum absolute atomic E-state index is 11.1. The number of hydrogen-bond donors (Lipinski definition) is 2. The van der Waals surface area contributed by atoms with Crippen LogP contribution in [0.3, 0.4) is 0 Å². The minimum Gasteiger partial charge on any atom is -0.353 e. The predicted octanol–water partition coefficient (Wildman–Crippen LogP) is -0.270. The van der Waals surface area contributed by atoms with Crippen molar-refractivity contribution in [3.63, 3.8) is 0 Å². The molecule has 0 saturated carbocycles. The largest absolute Gasteiger partial charge is 0.353 e. The Morgan fingerprint density at radius 2 is 2.20 bits per heavy atom. The van der Waals surface area contributed by atoms with Crippen LogP contribution in [0.4, 0.5) is 0 Å². The summed E-state index contributed by atoms with van der Waals surface area (Å²) >= 11 is 0. The number of piperazine rings is 1. The lowest BCUT2D eigenvalue weighted by Crippen LogP contribution is -2.55. The fraction of sp³-hybridized carbons (Fsp3) is 0.857. The first-order valence-corrected chi connectivity index (χ1v) is 3.73. The maximum Gasteiger partial charge on any atom is 0.237 e. The molecule has 0 aromatic rings. The van der Waals surface area contributed by atoms with E-state index >= 15 is 0 Å². The highest BCUT2D eigenvalue weighted by Gasteiger charge is 2.23. The van der Waals surface area contributed by atoms with E-state index in [-0.39, 0.29) is 11.9 Å². The summed E-state index contributed by atoms with van der Waals surface area (Å²) in [6.45, 7) is 5.75. The van der Waals surface area contributed by atoms with Gasteiger partial charge in [0.2, 0.25) is 5.91 Å². The van der Waals surface area contributed by atoms with Crippen molar-refractivity contribution in [3.8, 4) is 0 Å². The van der Waals surface area contributed by atoms with Gasteiger partial charge in [0.05, 0.1) is 6.04 Å². The molecule has 10 heavy (non-hydrogen) atoms. The van der Waals surface area contributed by atoms with Crippen molar-refractivity contribution < 1.29 is 4.79 Å². The van der Waals surface area contributed by atoms with Gasteiger partial charge in [-0.2, -0.15) is 0 Å². The zero-order valence-corrected chi connectivity index (χ0v) is 6.48. The Hall–Kier alpha value is -0.570. The van der Waals surface area contributed by atoms with E-state index in [2.05, 4.69) is 10.6 Å². The van der Waals surface area contributed by atoms with Gasteiger partial charge >= 0.3 is 0 Å². The molecule has 3 nitrogen and oxygen atoms in total. The number of carbonyl (C=O) groups excluding carboxylic acids is 1. The van der Waals surface area contributed by atoms with Gasteiger partial charge in [-0.3, -0.25) is 4.79 Å². The number of nitrogens with one attached hydrogen (secondary N) is 2. The molecule has 1 amide bonds. The Morgan fingerprint density at radius 3 is 2.60 bits per heavy atom. The fourth-order valence-electron chi connectivity index (χ4n) is 1.15. The summed E-state index contributed by atoms with van der Waals surface area (Å²) in [6.07, 6.45) is 0. The summed E-state index contributed by atoms with van der Waals surface area (Å²) in [6, 6.07) is 0.0220. The number of carbonyl (C=O) groups is 1. The molecule has 3 heteroatoms. The van der Waals surface area contributed by atoms with Crippen LogP contribution >= 0.6 is 0 Å². The van der Waals surface area contributed by atoms with Crippen LogP contribution in [0.25, 0.3) is 0 Å². The SMILES string of the molecule is CC(C)[C@@H]1NCCNC1=O. The van der Waals surface area contributed by atoms with Crippen LogP contribution < -0.4 is 10.6 Å². The van der Waals surface area contributed by atoms with Gasteiger partial charge in [-0.05, 0) is 5.92 Å². The lowest BCUT2D eigenvalue weighted by Gasteiger charge is -2.26. The second-order valence-electron chi connectivity index (χ2n) is 2.97. The van der Waals surface area contributed by atoms with Gasteiger partial charge in [-0.15, -0.1) is 0 Å². The lowest BCUT2D eigenvalue weighted by molar-refractivity contribution is -0.125. The quantitative estimate of drug-likeness (QED) is 0.529. The second kappa shape index (κ2) is 3.01. The van der Waals surface area contributed by atoms with E-state index in [1.165, 1.54) is 0 Å². The minimum atomic E-state index is 0.0220. The van der Waals surface area contributed by atoms with E-state index in [0.29, 0.717) is 5.92 Å². The molecular weight excluding hydrogens is 128 g/mol. The van der Waals surface area contributed by atoms with E-state index in [1.807, 2.05) is 13.8 Å². The van der Waals surface area contributed by atoms with Crippen LogP contribution in [0.2, 0.25) is 0 Å². The highest BCUT2D eigenvalue weighted by molar-refractivity contribution is 5.82. The smallest absolute Gasteiger partial charge is 0.237 e. The third kappa shape index (κ3) is 1.48. The third-order valence-electron chi connectivity index (χ3n) is 1.74. The summed E-state index contributed by atoms with van der Waals surface area (Å²) in [7, 11) is 0. The molecule has 2 N–H and O–H groups in total. The molecule has 0 spiro atoms. The summed E-state index contributed by atoms with van der Waals surface area (Å²) < 4.78 is 0. The van der Waals surface area contributed by atoms with Crippen molar-refractivity contribution in [2.75, 3.05) is 13.1 Å². The summed E-state index contributed by atoms with van der Waals surface area (Å²) in [5.41, 5.74) is 0. The van der Waals surface area contributed by atoms with Crippen molar-refractivity contribution in [2.24, 2.45) is 5.92 Å². The first-order chi connectivity index (χ1) is 4.72. The van der Waals surface area contributed by atoms with Crippen molar-refractivity contribution >= 4 is 5.91 Å². The molecule has 1 heterocycles. The maximum atomic E-state index is 11.1. The van der Waals surface area contributed by atoms with Crippen LogP contribution in [-0.4, -0.2) is 25.0 Å². The Morgan fingerprint density at radius 1 is 1.50 bits per heavy atom. The van der Waals surface area contributed by atoms with E-state index in [0.717, 1.165) is 13.1 Å². The molecule has 0 aliphatic carbocycles. The molecule has 0 unspecified atom stereocenters. The number of amides is 1. The topological polar surface area (TPSA) is 41.1 Å². The molecule has 0 aromatic heterocycles. The van der Waals surface area contributed by atoms with Gasteiger partial charge in [0.25, 0.3) is 0 Å². The molecule has 1 fully saturated rings. The molecule has 1 saturated heterocycles. The normalized spacial score (nSPS) is 26.7. The Bertz CT molecular complexity index is 134. The van der Waals surface area contributed by atoms with Gasteiger partial charge < -0.3 is 10.6 Å². The fourth-order valence-corrected chi connectivity index (χ4v) is 1.15. The van der Waals surface area contributed by atoms with Gasteiger partial charge in [0.1, 0.15) is 0 Å². The van der Waals surface area contributed by atoms with Crippen molar-refractivity contribution in [1.29, 1.82) is 0 Å². The first kappa shape index (κ1) is 7.54. The second-order valence-corrected chi connectivity index (χ2v) is 2.97. The molecule has 0 radical (unpaired) electrons. The number of rotatable bonds is 1. The molecule has 0 bridgehead atoms. The molecule has 1 aliphatic rings. The van der Waals surface area contributed by atoms with E-state index < -0.39 is 0 Å². The van der Waals surface area contributed by atoms with E-state index in [1.54, 1.807) is 0 Å². The zero-order chi connectivity index (χ0) is 7.56.